The highest BCUT2D eigenvalue weighted by Gasteiger charge is 2.19. The molecule has 0 fully saturated rings. The number of rotatable bonds is 10. The summed E-state index contributed by atoms with van der Waals surface area (Å²) in [5.74, 6) is 0.125. The molecule has 3 rings (SSSR count). The van der Waals surface area contributed by atoms with E-state index >= 15 is 0 Å². The summed E-state index contributed by atoms with van der Waals surface area (Å²) >= 11 is 0. The van der Waals surface area contributed by atoms with E-state index in [1.807, 2.05) is 24.3 Å². The minimum atomic E-state index is -0.386. The van der Waals surface area contributed by atoms with Crippen LogP contribution in [0.3, 0.4) is 0 Å². The second-order valence-electron chi connectivity index (χ2n) is 7.24. The fraction of sp³-hybridized carbons (Fsp3) is 0.269. The minimum Gasteiger partial charge on any atom is -0.494 e. The molecule has 0 aliphatic rings. The van der Waals surface area contributed by atoms with Crippen LogP contribution in [-0.4, -0.2) is 30.1 Å². The number of aromatic nitrogens is 1. The molecule has 1 aromatic heterocycles. The van der Waals surface area contributed by atoms with Gasteiger partial charge in [-0.1, -0.05) is 19.4 Å². The molecule has 0 N–H and O–H groups in total. The number of hydrogen-bond donors (Lipinski definition) is 0. The highest BCUT2D eigenvalue weighted by atomic mass is 16.5. The molecule has 0 spiro atoms. The Bertz CT molecular complexity index is 1020. The average Bonchev–Trinajstić information content (AvgIpc) is 2.83. The molecule has 0 atom stereocenters. The van der Waals surface area contributed by atoms with Crippen molar-refractivity contribution in [3.63, 3.8) is 0 Å². The number of carbonyl (C=O) groups excluding carboxylic acids is 2. The number of pyridine rings is 1. The van der Waals surface area contributed by atoms with Gasteiger partial charge in [0.1, 0.15) is 5.75 Å². The van der Waals surface area contributed by atoms with Gasteiger partial charge in [-0.3, -0.25) is 9.78 Å². The lowest BCUT2D eigenvalue weighted by Gasteiger charge is -2.23. The molecule has 2 aromatic carbocycles. The maximum atomic E-state index is 13.5. The van der Waals surface area contributed by atoms with Crippen molar-refractivity contribution >= 4 is 17.6 Å². The molecule has 6 heteroatoms. The summed E-state index contributed by atoms with van der Waals surface area (Å²) in [6.45, 7) is 5.16. The van der Waals surface area contributed by atoms with Crippen LogP contribution in [0.2, 0.25) is 0 Å². The Labute approximate surface area is 188 Å². The highest BCUT2D eigenvalue weighted by molar-refractivity contribution is 6.06. The summed E-state index contributed by atoms with van der Waals surface area (Å²) < 4.78 is 10.8. The number of anilines is 1. The van der Waals surface area contributed by atoms with Crippen LogP contribution < -0.4 is 9.64 Å². The molecule has 0 aliphatic heterocycles. The summed E-state index contributed by atoms with van der Waals surface area (Å²) in [6.07, 6.45) is 5.40. The van der Waals surface area contributed by atoms with Crippen LogP contribution in [-0.2, 0) is 11.3 Å². The van der Waals surface area contributed by atoms with Gasteiger partial charge in [-0.05, 0) is 73.5 Å². The van der Waals surface area contributed by atoms with Crippen molar-refractivity contribution in [2.45, 2.75) is 33.2 Å². The first-order valence-electron chi connectivity index (χ1n) is 10.8. The largest absolute Gasteiger partial charge is 0.494 e. The van der Waals surface area contributed by atoms with Gasteiger partial charge in [0, 0.05) is 23.6 Å². The first kappa shape index (κ1) is 23.0. The van der Waals surface area contributed by atoms with Gasteiger partial charge in [0.2, 0.25) is 0 Å². The Morgan fingerprint density at radius 2 is 1.69 bits per heavy atom. The van der Waals surface area contributed by atoms with Crippen molar-refractivity contribution in [2.75, 3.05) is 18.1 Å². The van der Waals surface area contributed by atoms with E-state index in [4.69, 9.17) is 9.47 Å². The molecule has 0 unspecified atom stereocenters. The van der Waals surface area contributed by atoms with Gasteiger partial charge in [0.15, 0.2) is 0 Å². The zero-order valence-corrected chi connectivity index (χ0v) is 18.5. The lowest BCUT2D eigenvalue weighted by molar-refractivity contribution is 0.0526. The van der Waals surface area contributed by atoms with Crippen LogP contribution in [0.25, 0.3) is 0 Å². The minimum absolute atomic E-state index is 0.161. The SMILES string of the molecule is CCCCOc1cccc(C(=O)N(Cc2ccncc2)c2ccc(C(=O)OCC)cc2)c1. The number of amides is 1. The first-order valence-corrected chi connectivity index (χ1v) is 10.8. The number of hydrogen-bond acceptors (Lipinski definition) is 5. The Hall–Kier alpha value is -3.67. The lowest BCUT2D eigenvalue weighted by Crippen LogP contribution is -2.30. The molecule has 6 nitrogen and oxygen atoms in total. The van der Waals surface area contributed by atoms with Crippen LogP contribution >= 0.6 is 0 Å². The molecule has 0 saturated heterocycles. The van der Waals surface area contributed by atoms with E-state index in [0.717, 1.165) is 18.4 Å². The predicted octanol–water partition coefficient (Wildman–Crippen LogP) is 5.28. The van der Waals surface area contributed by atoms with E-state index in [0.29, 0.717) is 42.3 Å². The molecular formula is C26H28N2O4. The molecule has 166 valence electrons. The van der Waals surface area contributed by atoms with Crippen LogP contribution in [0.4, 0.5) is 5.69 Å². The molecule has 0 aliphatic carbocycles. The van der Waals surface area contributed by atoms with E-state index in [1.165, 1.54) is 0 Å². The number of unbranched alkanes of at least 4 members (excludes halogenated alkanes) is 1. The van der Waals surface area contributed by atoms with Gasteiger partial charge >= 0.3 is 5.97 Å². The Balaban J connectivity index is 1.88. The van der Waals surface area contributed by atoms with Crippen LogP contribution in [0.5, 0.6) is 5.75 Å². The summed E-state index contributed by atoms with van der Waals surface area (Å²) in [5, 5.41) is 0. The lowest BCUT2D eigenvalue weighted by atomic mass is 10.1. The van der Waals surface area contributed by atoms with Crippen molar-refractivity contribution < 1.29 is 19.1 Å². The fourth-order valence-electron chi connectivity index (χ4n) is 3.15. The molecule has 1 heterocycles. The molecule has 3 aromatic rings. The molecule has 0 saturated carbocycles. The van der Waals surface area contributed by atoms with E-state index in [9.17, 15) is 9.59 Å². The van der Waals surface area contributed by atoms with Crippen molar-refractivity contribution in [3.8, 4) is 5.75 Å². The number of nitrogens with zero attached hydrogens (tertiary/aromatic N) is 2. The van der Waals surface area contributed by atoms with Gasteiger partial charge in [-0.25, -0.2) is 4.79 Å². The fourth-order valence-corrected chi connectivity index (χ4v) is 3.15. The first-order chi connectivity index (χ1) is 15.6. The Kier molecular flexibility index (Phi) is 8.37. The van der Waals surface area contributed by atoms with Gasteiger partial charge in [0.25, 0.3) is 5.91 Å². The maximum absolute atomic E-state index is 13.5. The van der Waals surface area contributed by atoms with Crippen molar-refractivity contribution in [1.82, 2.24) is 4.98 Å². The second kappa shape index (κ2) is 11.6. The molecule has 32 heavy (non-hydrogen) atoms. The zero-order valence-electron chi connectivity index (χ0n) is 18.5. The van der Waals surface area contributed by atoms with E-state index < -0.39 is 0 Å². The number of esters is 1. The standard InChI is InChI=1S/C26H28N2O4/c1-3-5-17-32-24-8-6-7-22(18-24)25(29)28(19-20-13-15-27-16-14-20)23-11-9-21(10-12-23)26(30)31-4-2/h6-16,18H,3-5,17,19H2,1-2H3. The maximum Gasteiger partial charge on any atom is 0.338 e. The van der Waals surface area contributed by atoms with E-state index in [-0.39, 0.29) is 11.9 Å². The van der Waals surface area contributed by atoms with Crippen molar-refractivity contribution in [1.29, 1.82) is 0 Å². The number of carbonyl (C=O) groups is 2. The topological polar surface area (TPSA) is 68.7 Å². The van der Waals surface area contributed by atoms with Crippen molar-refractivity contribution in [3.05, 3.63) is 89.7 Å². The summed E-state index contributed by atoms with van der Waals surface area (Å²) in [6, 6.07) is 17.8. The van der Waals surface area contributed by atoms with Crippen LogP contribution in [0, 0.1) is 0 Å². The summed E-state index contributed by atoms with van der Waals surface area (Å²) in [7, 11) is 0. The Morgan fingerprint density at radius 3 is 2.38 bits per heavy atom. The monoisotopic (exact) mass is 432 g/mol. The van der Waals surface area contributed by atoms with E-state index in [1.54, 1.807) is 60.6 Å². The molecule has 1 amide bonds. The van der Waals surface area contributed by atoms with Gasteiger partial charge in [-0.2, -0.15) is 0 Å². The second-order valence-corrected chi connectivity index (χ2v) is 7.24. The number of benzene rings is 2. The van der Waals surface area contributed by atoms with Crippen LogP contribution in [0.1, 0.15) is 53.0 Å². The van der Waals surface area contributed by atoms with Gasteiger partial charge in [-0.15, -0.1) is 0 Å². The Morgan fingerprint density at radius 1 is 0.938 bits per heavy atom. The molecule has 0 radical (unpaired) electrons. The predicted molar refractivity (Wildman–Crippen MR) is 124 cm³/mol. The smallest absolute Gasteiger partial charge is 0.338 e. The van der Waals surface area contributed by atoms with Crippen LogP contribution in [0.15, 0.2) is 73.1 Å². The van der Waals surface area contributed by atoms with Gasteiger partial charge < -0.3 is 14.4 Å². The van der Waals surface area contributed by atoms with Gasteiger partial charge in [0.05, 0.1) is 25.3 Å². The van der Waals surface area contributed by atoms with E-state index in [2.05, 4.69) is 11.9 Å². The molecule has 0 bridgehead atoms. The average molecular weight is 433 g/mol. The quantitative estimate of drug-likeness (QED) is 0.322. The zero-order chi connectivity index (χ0) is 22.8. The highest BCUT2D eigenvalue weighted by Crippen LogP contribution is 2.23. The van der Waals surface area contributed by atoms with Crippen molar-refractivity contribution in [2.24, 2.45) is 0 Å². The summed E-state index contributed by atoms with van der Waals surface area (Å²) in [5.41, 5.74) is 2.59. The summed E-state index contributed by atoms with van der Waals surface area (Å²) in [4.78, 5) is 31.2. The third-order valence-electron chi connectivity index (χ3n) is 4.87. The number of ether oxygens (including phenoxy) is 2. The normalized spacial score (nSPS) is 10.4. The molecular weight excluding hydrogens is 404 g/mol. The third kappa shape index (κ3) is 6.17. The third-order valence-corrected chi connectivity index (χ3v) is 4.87.